The summed E-state index contributed by atoms with van der Waals surface area (Å²) in [4.78, 5) is 0. The fourth-order valence-electron chi connectivity index (χ4n) is 1.83. The Bertz CT molecular complexity index is 191. The van der Waals surface area contributed by atoms with Gasteiger partial charge in [0.15, 0.2) is 0 Å². The van der Waals surface area contributed by atoms with Gasteiger partial charge in [-0.25, -0.2) is 0 Å². The second-order valence-corrected chi connectivity index (χ2v) is 3.14. The van der Waals surface area contributed by atoms with E-state index in [4.69, 9.17) is 0 Å². The lowest BCUT2D eigenvalue weighted by atomic mass is 9.90. The van der Waals surface area contributed by atoms with Crippen LogP contribution in [0.25, 0.3) is 0 Å². The van der Waals surface area contributed by atoms with E-state index in [1.807, 2.05) is 6.08 Å². The molecule has 2 aliphatic carbocycles. The number of aliphatic hydroxyl groups is 1. The third-order valence-corrected chi connectivity index (χ3v) is 2.40. The van der Waals surface area contributed by atoms with Crippen LogP contribution in [-0.2, 0) is 0 Å². The highest BCUT2D eigenvalue weighted by atomic mass is 16.3. The molecule has 2 atom stereocenters. The molecule has 1 N–H and O–H groups in total. The quantitative estimate of drug-likeness (QED) is 0.536. The molecule has 0 saturated carbocycles. The van der Waals surface area contributed by atoms with E-state index in [1.54, 1.807) is 0 Å². The first-order valence-corrected chi connectivity index (χ1v) is 3.92. The van der Waals surface area contributed by atoms with Crippen LogP contribution in [0.1, 0.15) is 19.3 Å². The van der Waals surface area contributed by atoms with E-state index >= 15 is 0 Å². The van der Waals surface area contributed by atoms with Gasteiger partial charge in [0, 0.05) is 0 Å². The summed E-state index contributed by atoms with van der Waals surface area (Å²) < 4.78 is 0. The lowest BCUT2D eigenvalue weighted by Gasteiger charge is -2.19. The first kappa shape index (κ1) is 6.17. The minimum Gasteiger partial charge on any atom is -0.389 e. The van der Waals surface area contributed by atoms with E-state index in [0.29, 0.717) is 5.92 Å². The average molecular weight is 136 g/mol. The molecule has 0 aromatic carbocycles. The van der Waals surface area contributed by atoms with Crippen molar-refractivity contribution >= 4 is 0 Å². The van der Waals surface area contributed by atoms with Crippen LogP contribution in [0.4, 0.5) is 0 Å². The zero-order valence-electron chi connectivity index (χ0n) is 5.96. The Morgan fingerprint density at radius 2 is 2.40 bits per heavy atom. The first-order chi connectivity index (χ1) is 4.86. The number of fused-ring (bicyclic) bond motifs is 1. The van der Waals surface area contributed by atoms with Crippen LogP contribution in [0.15, 0.2) is 23.8 Å². The lowest BCUT2D eigenvalue weighted by Crippen LogP contribution is -2.14. The molecule has 2 aliphatic rings. The topological polar surface area (TPSA) is 20.2 Å². The standard InChI is InChI=1S/C9H12O/c10-9-5-4-7-2-1-3-8(7)6-9/h2,4-5,8-10H,1,3,6H2/t8-,9+/m1/s1. The number of hydrogen-bond acceptors (Lipinski definition) is 1. The van der Waals surface area contributed by atoms with Crippen LogP contribution in [0.2, 0.25) is 0 Å². The average Bonchev–Trinajstić information content (AvgIpc) is 2.33. The summed E-state index contributed by atoms with van der Waals surface area (Å²) >= 11 is 0. The molecule has 10 heavy (non-hydrogen) atoms. The minimum atomic E-state index is -0.180. The van der Waals surface area contributed by atoms with Gasteiger partial charge in [-0.2, -0.15) is 0 Å². The van der Waals surface area contributed by atoms with Crippen LogP contribution in [0, 0.1) is 5.92 Å². The van der Waals surface area contributed by atoms with Crippen LogP contribution in [-0.4, -0.2) is 11.2 Å². The fourth-order valence-corrected chi connectivity index (χ4v) is 1.83. The molecule has 1 nitrogen and oxygen atoms in total. The van der Waals surface area contributed by atoms with Crippen molar-refractivity contribution in [2.75, 3.05) is 0 Å². The fraction of sp³-hybridized carbons (Fsp3) is 0.556. The van der Waals surface area contributed by atoms with Gasteiger partial charge < -0.3 is 5.11 Å². The summed E-state index contributed by atoms with van der Waals surface area (Å²) in [6, 6.07) is 0. The van der Waals surface area contributed by atoms with E-state index in [1.165, 1.54) is 18.4 Å². The van der Waals surface area contributed by atoms with Crippen molar-refractivity contribution in [1.82, 2.24) is 0 Å². The van der Waals surface area contributed by atoms with E-state index in [9.17, 15) is 5.11 Å². The molecule has 0 heterocycles. The Morgan fingerprint density at radius 3 is 3.30 bits per heavy atom. The van der Waals surface area contributed by atoms with Gasteiger partial charge in [0.25, 0.3) is 0 Å². The van der Waals surface area contributed by atoms with E-state index in [-0.39, 0.29) is 6.10 Å². The maximum Gasteiger partial charge on any atom is 0.0729 e. The second-order valence-electron chi connectivity index (χ2n) is 3.14. The van der Waals surface area contributed by atoms with Crippen molar-refractivity contribution < 1.29 is 5.11 Å². The van der Waals surface area contributed by atoms with Gasteiger partial charge in [0.1, 0.15) is 0 Å². The monoisotopic (exact) mass is 136 g/mol. The highest BCUT2D eigenvalue weighted by Gasteiger charge is 2.22. The van der Waals surface area contributed by atoms with Crippen molar-refractivity contribution in [3.05, 3.63) is 23.8 Å². The highest BCUT2D eigenvalue weighted by molar-refractivity contribution is 5.29. The Balaban J connectivity index is 2.21. The summed E-state index contributed by atoms with van der Waals surface area (Å²) in [6.07, 6.45) is 9.48. The number of aliphatic hydroxyl groups excluding tert-OH is 1. The lowest BCUT2D eigenvalue weighted by molar-refractivity contribution is 0.190. The normalized spacial score (nSPS) is 37.5. The predicted molar refractivity (Wildman–Crippen MR) is 40.6 cm³/mol. The van der Waals surface area contributed by atoms with Gasteiger partial charge in [-0.1, -0.05) is 18.2 Å². The van der Waals surface area contributed by atoms with Crippen LogP contribution in [0.5, 0.6) is 0 Å². The van der Waals surface area contributed by atoms with Gasteiger partial charge >= 0.3 is 0 Å². The predicted octanol–water partition coefficient (Wildman–Crippen LogP) is 1.64. The molecule has 0 aromatic rings. The van der Waals surface area contributed by atoms with Crippen LogP contribution >= 0.6 is 0 Å². The Labute approximate surface area is 61.1 Å². The van der Waals surface area contributed by atoms with Gasteiger partial charge in [-0.15, -0.1) is 0 Å². The molecule has 0 aromatic heterocycles. The number of allylic oxidation sites excluding steroid dienone is 3. The van der Waals surface area contributed by atoms with Crippen molar-refractivity contribution in [2.45, 2.75) is 25.4 Å². The van der Waals surface area contributed by atoms with Gasteiger partial charge in [0.2, 0.25) is 0 Å². The molecule has 1 heteroatoms. The van der Waals surface area contributed by atoms with Gasteiger partial charge in [0.05, 0.1) is 6.10 Å². The van der Waals surface area contributed by atoms with Crippen molar-refractivity contribution in [1.29, 1.82) is 0 Å². The summed E-state index contributed by atoms with van der Waals surface area (Å²) in [5.74, 6) is 0.667. The zero-order chi connectivity index (χ0) is 6.97. The van der Waals surface area contributed by atoms with Gasteiger partial charge in [-0.3, -0.25) is 0 Å². The van der Waals surface area contributed by atoms with Crippen molar-refractivity contribution in [2.24, 2.45) is 5.92 Å². The molecule has 0 amide bonds. The molecule has 2 rings (SSSR count). The molecule has 0 saturated heterocycles. The van der Waals surface area contributed by atoms with Crippen molar-refractivity contribution in [3.63, 3.8) is 0 Å². The molecule has 0 unspecified atom stereocenters. The van der Waals surface area contributed by atoms with E-state index in [2.05, 4.69) is 12.2 Å². The SMILES string of the molecule is O[C@H]1C=CC2=CCC[C@@H]2C1. The molecule has 0 radical (unpaired) electrons. The third-order valence-electron chi connectivity index (χ3n) is 2.40. The molecule has 54 valence electrons. The third kappa shape index (κ3) is 0.907. The first-order valence-electron chi connectivity index (χ1n) is 3.92. The molecule has 0 fully saturated rings. The summed E-state index contributed by atoms with van der Waals surface area (Å²) in [6.45, 7) is 0. The Kier molecular flexibility index (Phi) is 1.38. The molecule has 0 aliphatic heterocycles. The summed E-state index contributed by atoms with van der Waals surface area (Å²) in [5, 5.41) is 9.24. The summed E-state index contributed by atoms with van der Waals surface area (Å²) in [5.41, 5.74) is 1.45. The molecular weight excluding hydrogens is 124 g/mol. The number of hydrogen-bond donors (Lipinski definition) is 1. The maximum absolute atomic E-state index is 9.24. The van der Waals surface area contributed by atoms with Crippen LogP contribution < -0.4 is 0 Å². The van der Waals surface area contributed by atoms with E-state index < -0.39 is 0 Å². The second kappa shape index (κ2) is 2.24. The minimum absolute atomic E-state index is 0.180. The molecule has 0 spiro atoms. The molecular formula is C9H12O. The molecule has 0 bridgehead atoms. The van der Waals surface area contributed by atoms with Crippen molar-refractivity contribution in [3.8, 4) is 0 Å². The Hall–Kier alpha value is -0.560. The largest absolute Gasteiger partial charge is 0.389 e. The number of rotatable bonds is 0. The Morgan fingerprint density at radius 1 is 1.50 bits per heavy atom. The zero-order valence-corrected chi connectivity index (χ0v) is 5.96. The maximum atomic E-state index is 9.24. The smallest absolute Gasteiger partial charge is 0.0729 e. The highest BCUT2D eigenvalue weighted by Crippen LogP contribution is 2.33. The van der Waals surface area contributed by atoms with E-state index in [0.717, 1.165) is 6.42 Å². The van der Waals surface area contributed by atoms with Crippen LogP contribution in [0.3, 0.4) is 0 Å². The summed E-state index contributed by atoms with van der Waals surface area (Å²) in [7, 11) is 0. The van der Waals surface area contributed by atoms with Gasteiger partial charge in [-0.05, 0) is 30.8 Å².